The van der Waals surface area contributed by atoms with E-state index in [1.54, 1.807) is 18.2 Å². The number of aromatic hydroxyl groups is 1. The number of hydrogen-bond donors (Lipinski definition) is 2. The van der Waals surface area contributed by atoms with Gasteiger partial charge in [-0.15, -0.1) is 0 Å². The van der Waals surface area contributed by atoms with Crippen LogP contribution in [0.1, 0.15) is 22.8 Å². The van der Waals surface area contributed by atoms with Gasteiger partial charge in [0.2, 0.25) is 0 Å². The summed E-state index contributed by atoms with van der Waals surface area (Å²) in [5.41, 5.74) is 3.58. The third-order valence-electron chi connectivity index (χ3n) is 3.98. The molecule has 3 rings (SSSR count). The zero-order valence-electron chi connectivity index (χ0n) is 15.1. The highest BCUT2D eigenvalue weighted by molar-refractivity contribution is 6.02. The second-order valence-electron chi connectivity index (χ2n) is 5.76. The van der Waals surface area contributed by atoms with Gasteiger partial charge in [-0.1, -0.05) is 24.3 Å². The number of hydrazone groups is 1. The molecule has 0 saturated carbocycles. The largest absolute Gasteiger partial charge is 0.504 e. The number of methoxy groups -OCH3 is 1. The van der Waals surface area contributed by atoms with Gasteiger partial charge in [-0.05, 0) is 53.6 Å². The van der Waals surface area contributed by atoms with Crippen molar-refractivity contribution in [2.75, 3.05) is 13.7 Å². The number of nitrogens with one attached hydrogen (secondary N) is 1. The van der Waals surface area contributed by atoms with Crippen molar-refractivity contribution >= 4 is 22.9 Å². The quantitative estimate of drug-likeness (QED) is 0.516. The number of amides is 1. The van der Waals surface area contributed by atoms with Gasteiger partial charge in [-0.3, -0.25) is 4.79 Å². The van der Waals surface area contributed by atoms with E-state index in [9.17, 15) is 9.90 Å². The number of benzene rings is 3. The molecule has 138 valence electrons. The predicted octanol–water partition coefficient (Wildman–Crippen LogP) is 3.72. The number of hydrogen-bond acceptors (Lipinski definition) is 5. The van der Waals surface area contributed by atoms with Crippen molar-refractivity contribution in [2.24, 2.45) is 5.10 Å². The fourth-order valence-corrected chi connectivity index (χ4v) is 2.67. The number of ether oxygens (including phenoxy) is 2. The van der Waals surface area contributed by atoms with Crippen LogP contribution in [0.4, 0.5) is 0 Å². The minimum atomic E-state index is -0.377. The second kappa shape index (κ2) is 8.23. The van der Waals surface area contributed by atoms with Crippen molar-refractivity contribution in [1.29, 1.82) is 0 Å². The topological polar surface area (TPSA) is 80.2 Å². The SMILES string of the molecule is CCOc1cc(/C=N/NC(=O)c2cc3ccccc3cc2OC)ccc1O. The summed E-state index contributed by atoms with van der Waals surface area (Å²) in [5.74, 6) is 0.519. The number of rotatable bonds is 6. The molecular formula is C21H20N2O4. The lowest BCUT2D eigenvalue weighted by Gasteiger charge is -2.09. The molecule has 0 aliphatic rings. The molecule has 0 radical (unpaired) electrons. The van der Waals surface area contributed by atoms with Crippen molar-refractivity contribution in [3.05, 3.63) is 65.7 Å². The first kappa shape index (κ1) is 18.3. The lowest BCUT2D eigenvalue weighted by molar-refractivity contribution is 0.0952. The molecule has 3 aromatic rings. The molecule has 0 aliphatic carbocycles. The summed E-state index contributed by atoms with van der Waals surface area (Å²) in [6.07, 6.45) is 1.48. The highest BCUT2D eigenvalue weighted by Gasteiger charge is 2.13. The lowest BCUT2D eigenvalue weighted by Crippen LogP contribution is -2.18. The fourth-order valence-electron chi connectivity index (χ4n) is 2.67. The molecule has 0 aromatic heterocycles. The van der Waals surface area contributed by atoms with E-state index in [2.05, 4.69) is 10.5 Å². The van der Waals surface area contributed by atoms with Crippen LogP contribution in [0.2, 0.25) is 0 Å². The molecule has 27 heavy (non-hydrogen) atoms. The van der Waals surface area contributed by atoms with E-state index in [4.69, 9.17) is 9.47 Å². The van der Waals surface area contributed by atoms with Crippen LogP contribution in [0, 0.1) is 0 Å². The Morgan fingerprint density at radius 2 is 1.85 bits per heavy atom. The maximum Gasteiger partial charge on any atom is 0.275 e. The maximum absolute atomic E-state index is 12.5. The van der Waals surface area contributed by atoms with Crippen LogP contribution in [0.5, 0.6) is 17.2 Å². The van der Waals surface area contributed by atoms with Crippen LogP contribution in [-0.2, 0) is 0 Å². The van der Waals surface area contributed by atoms with E-state index < -0.39 is 0 Å². The van der Waals surface area contributed by atoms with Gasteiger partial charge < -0.3 is 14.6 Å². The Balaban J connectivity index is 1.78. The number of fused-ring (bicyclic) bond motifs is 1. The molecule has 1 amide bonds. The van der Waals surface area contributed by atoms with Gasteiger partial charge in [0, 0.05) is 0 Å². The third kappa shape index (κ3) is 4.17. The highest BCUT2D eigenvalue weighted by Crippen LogP contribution is 2.27. The van der Waals surface area contributed by atoms with E-state index in [0.29, 0.717) is 29.2 Å². The summed E-state index contributed by atoms with van der Waals surface area (Å²) in [6.45, 7) is 2.27. The van der Waals surface area contributed by atoms with Crippen molar-refractivity contribution in [1.82, 2.24) is 5.43 Å². The molecule has 0 saturated heterocycles. The van der Waals surface area contributed by atoms with Crippen LogP contribution >= 0.6 is 0 Å². The average Bonchev–Trinajstić information content (AvgIpc) is 2.69. The van der Waals surface area contributed by atoms with Crippen LogP contribution in [-0.4, -0.2) is 30.9 Å². The van der Waals surface area contributed by atoms with E-state index >= 15 is 0 Å². The molecule has 0 atom stereocenters. The summed E-state index contributed by atoms with van der Waals surface area (Å²) in [5, 5.41) is 15.6. The second-order valence-corrected chi connectivity index (χ2v) is 5.76. The molecule has 0 unspecified atom stereocenters. The van der Waals surface area contributed by atoms with Gasteiger partial charge in [-0.25, -0.2) is 5.43 Å². The summed E-state index contributed by atoms with van der Waals surface area (Å²) in [4.78, 5) is 12.5. The summed E-state index contributed by atoms with van der Waals surface area (Å²) >= 11 is 0. The first-order valence-electron chi connectivity index (χ1n) is 8.48. The number of phenolic OH excluding ortho intramolecular Hbond substituents is 1. The predicted molar refractivity (Wildman–Crippen MR) is 105 cm³/mol. The van der Waals surface area contributed by atoms with Gasteiger partial charge >= 0.3 is 0 Å². The minimum absolute atomic E-state index is 0.0546. The van der Waals surface area contributed by atoms with Crippen molar-refractivity contribution in [3.8, 4) is 17.2 Å². The molecule has 0 bridgehead atoms. The molecule has 6 heteroatoms. The normalized spacial score (nSPS) is 10.9. The zero-order valence-corrected chi connectivity index (χ0v) is 15.1. The molecule has 0 spiro atoms. The summed E-state index contributed by atoms with van der Waals surface area (Å²) < 4.78 is 10.7. The summed E-state index contributed by atoms with van der Waals surface area (Å²) in [6, 6.07) is 16.2. The highest BCUT2D eigenvalue weighted by atomic mass is 16.5. The fraction of sp³-hybridized carbons (Fsp3) is 0.143. The first-order valence-corrected chi connectivity index (χ1v) is 8.48. The van der Waals surface area contributed by atoms with Crippen LogP contribution < -0.4 is 14.9 Å². The standard InChI is InChI=1S/C21H20N2O4/c1-3-27-20-10-14(8-9-18(20)24)13-22-23-21(25)17-11-15-6-4-5-7-16(15)12-19(17)26-2/h4-13,24H,3H2,1-2H3,(H,23,25)/b22-13+. The Labute approximate surface area is 157 Å². The molecule has 0 aliphatic heterocycles. The van der Waals surface area contributed by atoms with Gasteiger partial charge in [0.1, 0.15) is 5.75 Å². The Hall–Kier alpha value is -3.54. The van der Waals surface area contributed by atoms with E-state index in [1.807, 2.05) is 37.3 Å². The molecule has 2 N–H and O–H groups in total. The van der Waals surface area contributed by atoms with Crippen molar-refractivity contribution in [3.63, 3.8) is 0 Å². The monoisotopic (exact) mass is 364 g/mol. The number of phenols is 1. The van der Waals surface area contributed by atoms with E-state index in [1.165, 1.54) is 19.4 Å². The zero-order chi connectivity index (χ0) is 19.2. The maximum atomic E-state index is 12.5. The average molecular weight is 364 g/mol. The third-order valence-corrected chi connectivity index (χ3v) is 3.98. The summed E-state index contributed by atoms with van der Waals surface area (Å²) in [7, 11) is 1.52. The minimum Gasteiger partial charge on any atom is -0.504 e. The Bertz CT molecular complexity index is 999. The smallest absolute Gasteiger partial charge is 0.275 e. The Morgan fingerprint density at radius 1 is 1.11 bits per heavy atom. The molecule has 3 aromatic carbocycles. The van der Waals surface area contributed by atoms with Crippen LogP contribution in [0.15, 0.2) is 59.7 Å². The van der Waals surface area contributed by atoms with Gasteiger partial charge in [0.25, 0.3) is 5.91 Å². The Morgan fingerprint density at radius 3 is 2.56 bits per heavy atom. The number of carbonyl (C=O) groups is 1. The van der Waals surface area contributed by atoms with E-state index in [-0.39, 0.29) is 11.7 Å². The van der Waals surface area contributed by atoms with Crippen LogP contribution in [0.25, 0.3) is 10.8 Å². The van der Waals surface area contributed by atoms with Crippen molar-refractivity contribution < 1.29 is 19.4 Å². The van der Waals surface area contributed by atoms with Gasteiger partial charge in [0.05, 0.1) is 25.5 Å². The molecule has 0 fully saturated rings. The van der Waals surface area contributed by atoms with E-state index in [0.717, 1.165) is 10.8 Å². The number of nitrogens with zero attached hydrogens (tertiary/aromatic N) is 1. The number of carbonyl (C=O) groups excluding carboxylic acids is 1. The van der Waals surface area contributed by atoms with Gasteiger partial charge in [0.15, 0.2) is 11.5 Å². The molecular weight excluding hydrogens is 344 g/mol. The first-order chi connectivity index (χ1) is 13.1. The van der Waals surface area contributed by atoms with Gasteiger partial charge in [-0.2, -0.15) is 5.10 Å². The van der Waals surface area contributed by atoms with Crippen LogP contribution in [0.3, 0.4) is 0 Å². The van der Waals surface area contributed by atoms with Crippen molar-refractivity contribution in [2.45, 2.75) is 6.92 Å². The molecule has 0 heterocycles. The molecule has 6 nitrogen and oxygen atoms in total. The lowest BCUT2D eigenvalue weighted by atomic mass is 10.1. The Kier molecular flexibility index (Phi) is 5.56.